The predicted molar refractivity (Wildman–Crippen MR) is 59.7 cm³/mol. The lowest BCUT2D eigenvalue weighted by atomic mass is 10.2. The van der Waals surface area contributed by atoms with Crippen LogP contribution in [0.5, 0.6) is 0 Å². The molecule has 0 saturated carbocycles. The zero-order chi connectivity index (χ0) is 12.3. The monoisotopic (exact) mass is 233 g/mol. The summed E-state index contributed by atoms with van der Waals surface area (Å²) in [6.45, 7) is 1.91. The fourth-order valence-corrected chi connectivity index (χ4v) is 1.35. The first kappa shape index (κ1) is 11.1. The molecule has 17 heavy (non-hydrogen) atoms. The van der Waals surface area contributed by atoms with E-state index in [4.69, 9.17) is 9.52 Å². The fraction of sp³-hybridized carbons (Fsp3) is 0.182. The van der Waals surface area contributed by atoms with E-state index in [1.165, 1.54) is 6.07 Å². The van der Waals surface area contributed by atoms with Gasteiger partial charge in [-0.15, -0.1) is 10.2 Å². The van der Waals surface area contributed by atoms with Crippen molar-refractivity contribution < 1.29 is 14.3 Å². The third-order valence-corrected chi connectivity index (χ3v) is 2.22. The summed E-state index contributed by atoms with van der Waals surface area (Å²) in [5.74, 6) is 0.177. The Kier molecular flexibility index (Phi) is 3.04. The molecule has 0 bridgehead atoms. The second-order valence-corrected chi connectivity index (χ2v) is 3.49. The van der Waals surface area contributed by atoms with Crippen LogP contribution in [0.25, 0.3) is 0 Å². The minimum absolute atomic E-state index is 0.0602. The van der Waals surface area contributed by atoms with Crippen LogP contribution in [0.3, 0.4) is 0 Å². The van der Waals surface area contributed by atoms with Crippen molar-refractivity contribution >= 4 is 11.8 Å². The standard InChI is InChI=1S/C11H11N3O3/c1-7(9-3-2-6-17-9)12-10-5-4-8(11(15)16)13-14-10/h2-7H,1H3,(H,12,14)(H,15,16). The van der Waals surface area contributed by atoms with E-state index in [1.54, 1.807) is 18.4 Å². The molecule has 0 fully saturated rings. The maximum absolute atomic E-state index is 10.6. The highest BCUT2D eigenvalue weighted by Gasteiger charge is 2.10. The van der Waals surface area contributed by atoms with Gasteiger partial charge in [-0.3, -0.25) is 0 Å². The number of carbonyl (C=O) groups is 1. The number of furan rings is 1. The van der Waals surface area contributed by atoms with Crippen LogP contribution in [0.2, 0.25) is 0 Å². The van der Waals surface area contributed by atoms with Crippen LogP contribution in [-0.4, -0.2) is 21.3 Å². The molecule has 2 heterocycles. The molecule has 0 aliphatic carbocycles. The van der Waals surface area contributed by atoms with Gasteiger partial charge in [0.1, 0.15) is 11.6 Å². The van der Waals surface area contributed by atoms with Gasteiger partial charge in [-0.25, -0.2) is 4.79 Å². The number of anilines is 1. The maximum Gasteiger partial charge on any atom is 0.356 e. The highest BCUT2D eigenvalue weighted by Crippen LogP contribution is 2.17. The predicted octanol–water partition coefficient (Wildman–Crippen LogP) is 1.94. The number of nitrogens with zero attached hydrogens (tertiary/aromatic N) is 2. The van der Waals surface area contributed by atoms with E-state index in [9.17, 15) is 4.79 Å². The lowest BCUT2D eigenvalue weighted by Crippen LogP contribution is -2.09. The van der Waals surface area contributed by atoms with Crippen LogP contribution in [0.1, 0.15) is 29.2 Å². The molecule has 0 amide bonds. The normalized spacial score (nSPS) is 12.1. The topological polar surface area (TPSA) is 88.2 Å². The summed E-state index contributed by atoms with van der Waals surface area (Å²) in [6, 6.07) is 6.54. The Bertz CT molecular complexity index is 493. The number of nitrogens with one attached hydrogen (secondary N) is 1. The number of carboxylic acids is 1. The van der Waals surface area contributed by atoms with Crippen molar-refractivity contribution in [3.8, 4) is 0 Å². The van der Waals surface area contributed by atoms with Crippen LogP contribution >= 0.6 is 0 Å². The molecular weight excluding hydrogens is 222 g/mol. The first-order valence-electron chi connectivity index (χ1n) is 5.04. The van der Waals surface area contributed by atoms with Gasteiger partial charge in [-0.1, -0.05) is 0 Å². The summed E-state index contributed by atoms with van der Waals surface area (Å²) in [5, 5.41) is 19.1. The van der Waals surface area contributed by atoms with Gasteiger partial charge >= 0.3 is 5.97 Å². The molecule has 0 radical (unpaired) electrons. The van der Waals surface area contributed by atoms with Gasteiger partial charge in [0.25, 0.3) is 0 Å². The Morgan fingerprint density at radius 2 is 2.24 bits per heavy atom. The van der Waals surface area contributed by atoms with Gasteiger partial charge in [-0.05, 0) is 31.2 Å². The molecule has 0 saturated heterocycles. The zero-order valence-corrected chi connectivity index (χ0v) is 9.12. The van der Waals surface area contributed by atoms with E-state index >= 15 is 0 Å². The summed E-state index contributed by atoms with van der Waals surface area (Å²) >= 11 is 0. The summed E-state index contributed by atoms with van der Waals surface area (Å²) in [4.78, 5) is 10.6. The minimum atomic E-state index is -1.09. The Hall–Kier alpha value is -2.37. The van der Waals surface area contributed by atoms with Crippen molar-refractivity contribution in [2.45, 2.75) is 13.0 Å². The van der Waals surface area contributed by atoms with Gasteiger partial charge in [0.2, 0.25) is 0 Å². The van der Waals surface area contributed by atoms with Crippen LogP contribution in [0.4, 0.5) is 5.82 Å². The zero-order valence-electron chi connectivity index (χ0n) is 9.12. The molecular formula is C11H11N3O3. The minimum Gasteiger partial charge on any atom is -0.476 e. The van der Waals surface area contributed by atoms with E-state index in [1.807, 2.05) is 13.0 Å². The van der Waals surface area contributed by atoms with Crippen molar-refractivity contribution in [1.82, 2.24) is 10.2 Å². The number of hydrogen-bond donors (Lipinski definition) is 2. The van der Waals surface area contributed by atoms with Crippen LogP contribution in [0, 0.1) is 0 Å². The first-order valence-corrected chi connectivity index (χ1v) is 5.04. The fourth-order valence-electron chi connectivity index (χ4n) is 1.35. The van der Waals surface area contributed by atoms with E-state index in [-0.39, 0.29) is 11.7 Å². The lowest BCUT2D eigenvalue weighted by molar-refractivity contribution is 0.0689. The van der Waals surface area contributed by atoms with Crippen molar-refractivity contribution in [1.29, 1.82) is 0 Å². The molecule has 1 atom stereocenters. The van der Waals surface area contributed by atoms with Crippen LogP contribution in [-0.2, 0) is 0 Å². The molecule has 2 rings (SSSR count). The summed E-state index contributed by atoms with van der Waals surface area (Å²) < 4.78 is 5.22. The Morgan fingerprint density at radius 1 is 1.41 bits per heavy atom. The molecule has 88 valence electrons. The number of aromatic nitrogens is 2. The SMILES string of the molecule is CC(Nc1ccc(C(=O)O)nn1)c1ccco1. The molecule has 1 unspecified atom stereocenters. The highest BCUT2D eigenvalue weighted by molar-refractivity contribution is 5.85. The quantitative estimate of drug-likeness (QED) is 0.838. The molecule has 2 aromatic heterocycles. The van der Waals surface area contributed by atoms with Gasteiger partial charge in [0.15, 0.2) is 5.69 Å². The molecule has 2 N–H and O–H groups in total. The Labute approximate surface area is 97.3 Å². The Morgan fingerprint density at radius 3 is 2.76 bits per heavy atom. The Balaban J connectivity index is 2.06. The van der Waals surface area contributed by atoms with Gasteiger partial charge < -0.3 is 14.8 Å². The van der Waals surface area contributed by atoms with Crippen molar-refractivity contribution in [2.75, 3.05) is 5.32 Å². The van der Waals surface area contributed by atoms with E-state index in [0.29, 0.717) is 5.82 Å². The lowest BCUT2D eigenvalue weighted by Gasteiger charge is -2.11. The second kappa shape index (κ2) is 4.65. The average Bonchev–Trinajstić information content (AvgIpc) is 2.83. The largest absolute Gasteiger partial charge is 0.476 e. The molecule has 0 spiro atoms. The highest BCUT2D eigenvalue weighted by atomic mass is 16.4. The maximum atomic E-state index is 10.6. The van der Waals surface area contributed by atoms with Gasteiger partial charge in [0.05, 0.1) is 12.3 Å². The van der Waals surface area contributed by atoms with Crippen LogP contribution in [0.15, 0.2) is 34.9 Å². The molecule has 0 aromatic carbocycles. The van der Waals surface area contributed by atoms with Gasteiger partial charge in [0, 0.05) is 0 Å². The molecule has 0 aliphatic heterocycles. The first-order chi connectivity index (χ1) is 8.16. The smallest absolute Gasteiger partial charge is 0.356 e. The molecule has 0 aliphatic rings. The summed E-state index contributed by atoms with van der Waals surface area (Å²) in [6.07, 6.45) is 1.59. The van der Waals surface area contributed by atoms with Crippen molar-refractivity contribution in [2.24, 2.45) is 0 Å². The van der Waals surface area contributed by atoms with E-state index in [0.717, 1.165) is 5.76 Å². The van der Waals surface area contributed by atoms with E-state index < -0.39 is 5.97 Å². The number of aromatic carboxylic acids is 1. The van der Waals surface area contributed by atoms with Crippen molar-refractivity contribution in [3.05, 3.63) is 42.0 Å². The average molecular weight is 233 g/mol. The molecule has 6 nitrogen and oxygen atoms in total. The van der Waals surface area contributed by atoms with Crippen LogP contribution < -0.4 is 5.32 Å². The molecule has 2 aromatic rings. The van der Waals surface area contributed by atoms with Gasteiger partial charge in [-0.2, -0.15) is 0 Å². The summed E-state index contributed by atoms with van der Waals surface area (Å²) in [7, 11) is 0. The van der Waals surface area contributed by atoms with Crippen molar-refractivity contribution in [3.63, 3.8) is 0 Å². The van der Waals surface area contributed by atoms with E-state index in [2.05, 4.69) is 15.5 Å². The summed E-state index contributed by atoms with van der Waals surface area (Å²) in [5.41, 5.74) is -0.0822. The number of carboxylic acid groups (broad SMARTS) is 1. The molecule has 6 heteroatoms. The third kappa shape index (κ3) is 2.60. The third-order valence-electron chi connectivity index (χ3n) is 2.22. The number of hydrogen-bond acceptors (Lipinski definition) is 5. The number of rotatable bonds is 4. The second-order valence-electron chi connectivity index (χ2n) is 3.49.